The minimum absolute atomic E-state index is 0.0393. The lowest BCUT2D eigenvalue weighted by Crippen LogP contribution is -2.34. The molecule has 1 aliphatic rings. The fourth-order valence-electron chi connectivity index (χ4n) is 2.40. The maximum Gasteiger partial charge on any atom is 0.326 e. The van der Waals surface area contributed by atoms with Crippen molar-refractivity contribution in [2.45, 2.75) is 16.7 Å². The van der Waals surface area contributed by atoms with E-state index in [1.165, 1.54) is 12.1 Å². The molecule has 0 saturated heterocycles. The lowest BCUT2D eigenvalue weighted by molar-refractivity contribution is 0.0967. The van der Waals surface area contributed by atoms with E-state index in [4.69, 9.17) is 46.4 Å². The Morgan fingerprint density at radius 3 is 2.28 bits per heavy atom. The first-order valence-electron chi connectivity index (χ1n) is 7.31. The van der Waals surface area contributed by atoms with Crippen molar-refractivity contribution < 1.29 is 9.59 Å². The van der Waals surface area contributed by atoms with Gasteiger partial charge >= 0.3 is 6.03 Å². The van der Waals surface area contributed by atoms with Crippen molar-refractivity contribution in [2.75, 3.05) is 5.32 Å². The molecule has 0 radical (unpaired) electrons. The molecule has 0 aliphatic heterocycles. The van der Waals surface area contributed by atoms with Crippen LogP contribution in [0.2, 0.25) is 10.0 Å². The smallest absolute Gasteiger partial charge is 0.308 e. The van der Waals surface area contributed by atoms with Crippen LogP contribution in [0.3, 0.4) is 0 Å². The first-order valence-corrected chi connectivity index (χ1v) is 8.88. The Labute approximate surface area is 164 Å². The number of hydrogen-bond acceptors (Lipinski definition) is 2. The molecule has 1 saturated carbocycles. The first-order chi connectivity index (χ1) is 11.8. The van der Waals surface area contributed by atoms with Crippen LogP contribution in [-0.4, -0.2) is 17.3 Å². The Kier molecular flexibility index (Phi) is 5.16. The quantitative estimate of drug-likeness (QED) is 0.656. The van der Waals surface area contributed by atoms with Crippen molar-refractivity contribution in [3.63, 3.8) is 0 Å². The minimum atomic E-state index is -0.708. The number of alkyl halides is 2. The first kappa shape index (κ1) is 18.3. The molecule has 4 nitrogen and oxygen atoms in total. The van der Waals surface area contributed by atoms with Gasteiger partial charge in [-0.25, -0.2) is 4.79 Å². The Bertz CT molecular complexity index is 838. The highest BCUT2D eigenvalue weighted by Crippen LogP contribution is 2.55. The maximum absolute atomic E-state index is 12.2. The average molecular weight is 418 g/mol. The Morgan fingerprint density at radius 1 is 1.08 bits per heavy atom. The number of urea groups is 1. The molecule has 8 heteroatoms. The highest BCUT2D eigenvalue weighted by atomic mass is 35.5. The number of benzene rings is 2. The molecule has 130 valence electrons. The van der Waals surface area contributed by atoms with E-state index in [9.17, 15) is 9.59 Å². The zero-order chi connectivity index (χ0) is 18.2. The van der Waals surface area contributed by atoms with Gasteiger partial charge in [-0.15, -0.1) is 23.2 Å². The number of rotatable bonds is 3. The molecule has 3 rings (SSSR count). The fraction of sp³-hybridized carbons (Fsp3) is 0.176. The monoisotopic (exact) mass is 416 g/mol. The molecule has 25 heavy (non-hydrogen) atoms. The number of hydrogen-bond donors (Lipinski definition) is 2. The molecule has 1 aliphatic carbocycles. The molecule has 2 unspecified atom stereocenters. The van der Waals surface area contributed by atoms with E-state index in [1.54, 1.807) is 24.3 Å². The van der Waals surface area contributed by atoms with Gasteiger partial charge < -0.3 is 5.32 Å². The predicted molar refractivity (Wildman–Crippen MR) is 101 cm³/mol. The van der Waals surface area contributed by atoms with Crippen LogP contribution in [0.4, 0.5) is 10.5 Å². The minimum Gasteiger partial charge on any atom is -0.308 e. The number of carbonyl (C=O) groups excluding carboxylic acids is 2. The molecule has 1 fully saturated rings. The van der Waals surface area contributed by atoms with Crippen molar-refractivity contribution in [1.29, 1.82) is 0 Å². The Hall–Kier alpha value is -1.46. The molecule has 0 heterocycles. The number of imide groups is 1. The summed E-state index contributed by atoms with van der Waals surface area (Å²) in [5.41, 5.74) is 1.34. The van der Waals surface area contributed by atoms with E-state index in [0.717, 1.165) is 5.56 Å². The molecular formula is C17H12Cl4N2O2. The summed E-state index contributed by atoms with van der Waals surface area (Å²) in [5, 5.41) is 4.95. The second-order valence-electron chi connectivity index (χ2n) is 5.62. The summed E-state index contributed by atoms with van der Waals surface area (Å²) in [6.07, 6.45) is 0.662. The largest absolute Gasteiger partial charge is 0.326 e. The van der Waals surface area contributed by atoms with Gasteiger partial charge in [0, 0.05) is 5.69 Å². The molecule has 0 spiro atoms. The molecule has 2 atom stereocenters. The average Bonchev–Trinajstić information content (AvgIpc) is 3.15. The Morgan fingerprint density at radius 2 is 1.68 bits per heavy atom. The summed E-state index contributed by atoms with van der Waals surface area (Å²) < 4.78 is 0. The molecule has 0 bridgehead atoms. The molecule has 0 aromatic heterocycles. The van der Waals surface area contributed by atoms with E-state index in [-0.39, 0.29) is 21.0 Å². The summed E-state index contributed by atoms with van der Waals surface area (Å²) >= 11 is 24.3. The number of nitrogens with one attached hydrogen (secondary N) is 2. The van der Waals surface area contributed by atoms with Crippen molar-refractivity contribution in [3.8, 4) is 0 Å². The second-order valence-corrected chi connectivity index (χ2v) is 7.64. The van der Waals surface area contributed by atoms with Crippen LogP contribution >= 0.6 is 46.4 Å². The van der Waals surface area contributed by atoms with Crippen LogP contribution in [0.25, 0.3) is 0 Å². The zero-order valence-electron chi connectivity index (χ0n) is 12.7. The molecule has 2 N–H and O–H groups in total. The van der Waals surface area contributed by atoms with E-state index >= 15 is 0 Å². The van der Waals surface area contributed by atoms with Gasteiger partial charge in [0.1, 0.15) is 0 Å². The maximum atomic E-state index is 12.2. The SMILES string of the molecule is O=C(NC(=O)c1c(Cl)cccc1Cl)Nc1cccc(C2(Cl)CC2Cl)c1. The number of anilines is 1. The van der Waals surface area contributed by atoms with Gasteiger partial charge in [-0.2, -0.15) is 0 Å². The molecular weight excluding hydrogens is 406 g/mol. The van der Waals surface area contributed by atoms with Gasteiger partial charge in [0.25, 0.3) is 5.91 Å². The van der Waals surface area contributed by atoms with Gasteiger partial charge in [0.2, 0.25) is 0 Å². The summed E-state index contributed by atoms with van der Waals surface area (Å²) in [4.78, 5) is 23.7. The standard InChI is InChI=1S/C17H12Cl4N2O2/c18-11-5-2-6-12(19)14(11)15(24)23-16(25)22-10-4-1-3-9(7-10)17(21)8-13(17)20/h1-7,13H,8H2,(H2,22,23,24,25). The van der Waals surface area contributed by atoms with Crippen LogP contribution < -0.4 is 10.6 Å². The van der Waals surface area contributed by atoms with Gasteiger partial charge in [-0.05, 0) is 36.2 Å². The summed E-state index contributed by atoms with van der Waals surface area (Å²) in [6, 6.07) is 10.9. The van der Waals surface area contributed by atoms with Crippen LogP contribution in [0.1, 0.15) is 22.3 Å². The third-order valence-electron chi connectivity index (χ3n) is 3.83. The molecule has 2 aromatic carbocycles. The van der Waals surface area contributed by atoms with Crippen LogP contribution in [-0.2, 0) is 4.87 Å². The van der Waals surface area contributed by atoms with E-state index in [2.05, 4.69) is 10.6 Å². The van der Waals surface area contributed by atoms with Gasteiger partial charge in [0.15, 0.2) is 0 Å². The lowest BCUT2D eigenvalue weighted by Gasteiger charge is -2.12. The normalized spacial score (nSPS) is 21.5. The van der Waals surface area contributed by atoms with Gasteiger partial charge in [0.05, 0.1) is 25.9 Å². The van der Waals surface area contributed by atoms with Gasteiger partial charge in [-0.3, -0.25) is 10.1 Å². The van der Waals surface area contributed by atoms with Crippen molar-refractivity contribution in [3.05, 3.63) is 63.6 Å². The predicted octanol–water partition coefficient (Wildman–Crippen LogP) is 5.40. The summed E-state index contributed by atoms with van der Waals surface area (Å²) in [5.74, 6) is -0.693. The number of carbonyl (C=O) groups is 2. The van der Waals surface area contributed by atoms with E-state index in [1.807, 2.05) is 6.07 Å². The third kappa shape index (κ3) is 3.87. The van der Waals surface area contributed by atoms with Crippen LogP contribution in [0, 0.1) is 0 Å². The molecule has 3 amide bonds. The van der Waals surface area contributed by atoms with Crippen molar-refractivity contribution >= 4 is 64.0 Å². The zero-order valence-corrected chi connectivity index (χ0v) is 15.7. The van der Waals surface area contributed by atoms with Crippen molar-refractivity contribution in [2.24, 2.45) is 0 Å². The topological polar surface area (TPSA) is 58.2 Å². The fourth-order valence-corrected chi connectivity index (χ4v) is 3.69. The third-order valence-corrected chi connectivity index (χ3v) is 5.73. The Balaban J connectivity index is 1.69. The highest BCUT2D eigenvalue weighted by Gasteiger charge is 2.53. The number of halogens is 4. The molecule has 2 aromatic rings. The van der Waals surface area contributed by atoms with Gasteiger partial charge in [-0.1, -0.05) is 41.4 Å². The van der Waals surface area contributed by atoms with Crippen LogP contribution in [0.5, 0.6) is 0 Å². The summed E-state index contributed by atoms with van der Waals surface area (Å²) in [7, 11) is 0. The van der Waals surface area contributed by atoms with Crippen molar-refractivity contribution in [1.82, 2.24) is 5.32 Å². The van der Waals surface area contributed by atoms with E-state index in [0.29, 0.717) is 12.1 Å². The summed E-state index contributed by atoms with van der Waals surface area (Å²) in [6.45, 7) is 0. The highest BCUT2D eigenvalue weighted by molar-refractivity contribution is 6.40. The number of amides is 3. The lowest BCUT2D eigenvalue weighted by atomic mass is 10.1. The second kappa shape index (κ2) is 7.04. The van der Waals surface area contributed by atoms with Crippen LogP contribution in [0.15, 0.2) is 42.5 Å². The van der Waals surface area contributed by atoms with E-state index < -0.39 is 16.8 Å².